The standard InChI is InChI=1S/C24H24FN9/c1-32-6-8-33(9-7-32)21-3-2-16(11-27-21)12-29-24-30-14-19-18(13-28-22(19)31-24)17-10-20(25)23-26-4-5-34(23)15-17/h2-5,10-11,13-15H,6-9,12H2,1H3,(H2,28,29,30,31). The first-order valence-electron chi connectivity index (χ1n) is 11.2. The summed E-state index contributed by atoms with van der Waals surface area (Å²) in [5, 5.41) is 4.08. The van der Waals surface area contributed by atoms with Gasteiger partial charge in [-0.3, -0.25) is 0 Å². The van der Waals surface area contributed by atoms with Gasteiger partial charge in [-0.15, -0.1) is 0 Å². The SMILES string of the molecule is CN1CCN(c2ccc(CNc3ncc4c(-c5cc(F)c6nccn6c5)c[nH]c4n3)cn2)CC1. The summed E-state index contributed by atoms with van der Waals surface area (Å²) in [7, 11) is 2.15. The molecule has 1 aliphatic heterocycles. The molecule has 1 saturated heterocycles. The maximum absolute atomic E-state index is 14.4. The molecule has 0 unspecified atom stereocenters. The van der Waals surface area contributed by atoms with Crippen LogP contribution >= 0.6 is 0 Å². The molecular formula is C24H24FN9. The smallest absolute Gasteiger partial charge is 0.224 e. The Kier molecular flexibility index (Phi) is 5.06. The van der Waals surface area contributed by atoms with E-state index in [0.29, 0.717) is 23.8 Å². The van der Waals surface area contributed by atoms with E-state index in [9.17, 15) is 4.39 Å². The van der Waals surface area contributed by atoms with Gasteiger partial charge in [0.1, 0.15) is 11.5 Å². The Hall–Kier alpha value is -4.05. The van der Waals surface area contributed by atoms with E-state index < -0.39 is 0 Å². The van der Waals surface area contributed by atoms with E-state index in [1.54, 1.807) is 23.0 Å². The van der Waals surface area contributed by atoms with Gasteiger partial charge in [0.05, 0.1) is 0 Å². The number of nitrogens with zero attached hydrogens (tertiary/aromatic N) is 7. The van der Waals surface area contributed by atoms with Gasteiger partial charge in [0, 0.05) is 86.4 Å². The van der Waals surface area contributed by atoms with Crippen LogP contribution in [-0.4, -0.2) is 67.4 Å². The van der Waals surface area contributed by atoms with Crippen molar-refractivity contribution < 1.29 is 4.39 Å². The number of hydrogen-bond acceptors (Lipinski definition) is 7. The zero-order valence-corrected chi connectivity index (χ0v) is 18.7. The van der Waals surface area contributed by atoms with Crippen LogP contribution < -0.4 is 10.2 Å². The summed E-state index contributed by atoms with van der Waals surface area (Å²) >= 11 is 0. The summed E-state index contributed by atoms with van der Waals surface area (Å²) in [6, 6.07) is 5.63. The molecule has 9 nitrogen and oxygen atoms in total. The Labute approximate surface area is 195 Å². The lowest BCUT2D eigenvalue weighted by Gasteiger charge is -2.33. The molecule has 1 aliphatic rings. The Balaban J connectivity index is 1.16. The fourth-order valence-corrected chi connectivity index (χ4v) is 4.29. The van der Waals surface area contributed by atoms with Crippen LogP contribution in [0.2, 0.25) is 0 Å². The van der Waals surface area contributed by atoms with E-state index in [-0.39, 0.29) is 5.82 Å². The highest BCUT2D eigenvalue weighted by atomic mass is 19.1. The first kappa shape index (κ1) is 20.5. The predicted octanol–water partition coefficient (Wildman–Crippen LogP) is 3.17. The molecule has 0 amide bonds. The molecule has 0 bridgehead atoms. The zero-order valence-electron chi connectivity index (χ0n) is 18.7. The number of anilines is 2. The number of imidazole rings is 1. The van der Waals surface area contributed by atoms with Crippen molar-refractivity contribution in [1.29, 1.82) is 0 Å². The summed E-state index contributed by atoms with van der Waals surface area (Å²) in [6.07, 6.45) is 10.6. The van der Waals surface area contributed by atoms with Crippen LogP contribution in [0.1, 0.15) is 5.56 Å². The maximum Gasteiger partial charge on any atom is 0.224 e. The summed E-state index contributed by atoms with van der Waals surface area (Å²) in [5.41, 5.74) is 3.60. The molecule has 0 atom stereocenters. The number of piperazine rings is 1. The van der Waals surface area contributed by atoms with Crippen LogP contribution in [0, 0.1) is 5.82 Å². The van der Waals surface area contributed by atoms with Gasteiger partial charge in [-0.1, -0.05) is 6.07 Å². The third-order valence-electron chi connectivity index (χ3n) is 6.27. The van der Waals surface area contributed by atoms with Crippen molar-refractivity contribution in [3.05, 3.63) is 66.8 Å². The van der Waals surface area contributed by atoms with Crippen LogP contribution in [0.5, 0.6) is 0 Å². The molecule has 0 radical (unpaired) electrons. The minimum Gasteiger partial charge on any atom is -0.354 e. The fourth-order valence-electron chi connectivity index (χ4n) is 4.29. The van der Waals surface area contributed by atoms with Crippen molar-refractivity contribution in [1.82, 2.24) is 34.2 Å². The van der Waals surface area contributed by atoms with Crippen molar-refractivity contribution in [3.63, 3.8) is 0 Å². The first-order chi connectivity index (χ1) is 16.6. The van der Waals surface area contributed by atoms with Crippen molar-refractivity contribution in [2.24, 2.45) is 0 Å². The molecule has 10 heteroatoms. The molecule has 0 aliphatic carbocycles. The predicted molar refractivity (Wildman–Crippen MR) is 129 cm³/mol. The highest BCUT2D eigenvalue weighted by molar-refractivity contribution is 5.93. The van der Waals surface area contributed by atoms with E-state index in [1.165, 1.54) is 6.07 Å². The largest absolute Gasteiger partial charge is 0.354 e. The van der Waals surface area contributed by atoms with Crippen molar-refractivity contribution in [2.75, 3.05) is 43.4 Å². The van der Waals surface area contributed by atoms with Crippen molar-refractivity contribution in [2.45, 2.75) is 6.54 Å². The number of H-pyrrole nitrogens is 1. The minimum absolute atomic E-state index is 0.303. The number of rotatable bonds is 5. The Morgan fingerprint density at radius 1 is 1.09 bits per heavy atom. The van der Waals surface area contributed by atoms with Gasteiger partial charge in [0.2, 0.25) is 5.95 Å². The number of aromatic amines is 1. The zero-order chi connectivity index (χ0) is 23.1. The quantitative estimate of drug-likeness (QED) is 0.419. The number of likely N-dealkylation sites (N-methyl/N-ethyl adjacent to an activating group) is 1. The lowest BCUT2D eigenvalue weighted by atomic mass is 10.1. The summed E-state index contributed by atoms with van der Waals surface area (Å²) in [6.45, 7) is 4.67. The summed E-state index contributed by atoms with van der Waals surface area (Å²) < 4.78 is 16.1. The molecule has 34 heavy (non-hydrogen) atoms. The number of fused-ring (bicyclic) bond motifs is 2. The summed E-state index contributed by atoms with van der Waals surface area (Å²) in [5.74, 6) is 1.15. The van der Waals surface area contributed by atoms with Gasteiger partial charge < -0.3 is 24.5 Å². The van der Waals surface area contributed by atoms with Gasteiger partial charge >= 0.3 is 0 Å². The second kappa shape index (κ2) is 8.38. The Morgan fingerprint density at radius 3 is 2.79 bits per heavy atom. The minimum atomic E-state index is -0.372. The van der Waals surface area contributed by atoms with Gasteiger partial charge in [0.15, 0.2) is 11.5 Å². The highest BCUT2D eigenvalue weighted by Crippen LogP contribution is 2.29. The van der Waals surface area contributed by atoms with Gasteiger partial charge in [-0.25, -0.2) is 19.3 Å². The fraction of sp³-hybridized carbons (Fsp3) is 0.250. The third kappa shape index (κ3) is 3.81. The number of aromatic nitrogens is 6. The summed E-state index contributed by atoms with van der Waals surface area (Å²) in [4.78, 5) is 25.5. The number of nitrogens with one attached hydrogen (secondary N) is 2. The number of halogens is 1. The van der Waals surface area contributed by atoms with E-state index in [4.69, 9.17) is 0 Å². The molecule has 1 fully saturated rings. The van der Waals surface area contributed by atoms with Crippen LogP contribution in [0.3, 0.4) is 0 Å². The van der Waals surface area contributed by atoms with Crippen molar-refractivity contribution in [3.8, 4) is 11.1 Å². The molecule has 5 aromatic rings. The van der Waals surface area contributed by atoms with Crippen LogP contribution in [0.25, 0.3) is 27.8 Å². The van der Waals surface area contributed by atoms with Crippen molar-refractivity contribution >= 4 is 28.4 Å². The lowest BCUT2D eigenvalue weighted by molar-refractivity contribution is 0.312. The van der Waals surface area contributed by atoms with Crippen LogP contribution in [0.4, 0.5) is 16.2 Å². The van der Waals surface area contributed by atoms with E-state index >= 15 is 0 Å². The van der Waals surface area contributed by atoms with Crippen LogP contribution in [0.15, 0.2) is 55.4 Å². The lowest BCUT2D eigenvalue weighted by Crippen LogP contribution is -2.44. The molecule has 2 N–H and O–H groups in total. The molecule has 5 aromatic heterocycles. The Morgan fingerprint density at radius 2 is 1.97 bits per heavy atom. The molecule has 0 spiro atoms. The third-order valence-corrected chi connectivity index (χ3v) is 6.27. The van der Waals surface area contributed by atoms with Gasteiger partial charge in [-0.05, 0) is 24.7 Å². The Bertz CT molecular complexity index is 1450. The molecule has 0 aromatic carbocycles. The number of hydrogen-bond donors (Lipinski definition) is 2. The maximum atomic E-state index is 14.4. The average molecular weight is 458 g/mol. The first-order valence-corrected chi connectivity index (χ1v) is 11.2. The van der Waals surface area contributed by atoms with E-state index in [0.717, 1.165) is 54.1 Å². The average Bonchev–Trinajstić information content (AvgIpc) is 3.51. The van der Waals surface area contributed by atoms with Gasteiger partial charge in [-0.2, -0.15) is 4.98 Å². The second-order valence-corrected chi connectivity index (χ2v) is 8.56. The normalized spacial score (nSPS) is 14.8. The van der Waals surface area contributed by atoms with E-state index in [1.807, 2.05) is 18.6 Å². The van der Waals surface area contributed by atoms with Gasteiger partial charge in [0.25, 0.3) is 0 Å². The highest BCUT2D eigenvalue weighted by Gasteiger charge is 2.15. The molecule has 6 rings (SSSR count). The molecule has 172 valence electrons. The second-order valence-electron chi connectivity index (χ2n) is 8.56. The topological polar surface area (TPSA) is 90.3 Å². The molecule has 0 saturated carbocycles. The van der Waals surface area contributed by atoms with E-state index in [2.05, 4.69) is 59.2 Å². The number of pyridine rings is 2. The molecular weight excluding hydrogens is 433 g/mol. The van der Waals surface area contributed by atoms with Crippen LogP contribution in [-0.2, 0) is 6.54 Å². The molecule has 6 heterocycles. The monoisotopic (exact) mass is 457 g/mol.